The van der Waals surface area contributed by atoms with Gasteiger partial charge in [0.15, 0.2) is 11.2 Å². The van der Waals surface area contributed by atoms with Crippen LogP contribution in [0.15, 0.2) is 17.1 Å². The first-order valence-electron chi connectivity index (χ1n) is 8.51. The maximum Gasteiger partial charge on any atom is 0.192 e. The number of ether oxygens (including phenoxy) is 1. The second kappa shape index (κ2) is 5.75. The summed E-state index contributed by atoms with van der Waals surface area (Å²) in [5.74, 6) is 0.872. The van der Waals surface area contributed by atoms with Crippen LogP contribution in [0.4, 0.5) is 5.69 Å². The molecule has 24 heavy (non-hydrogen) atoms. The summed E-state index contributed by atoms with van der Waals surface area (Å²) in [6.07, 6.45) is 1.98. The Morgan fingerprint density at radius 3 is 2.67 bits per heavy atom. The number of hydrogen-bond acceptors (Lipinski definition) is 4. The molecule has 2 unspecified atom stereocenters. The number of piperazine rings is 1. The van der Waals surface area contributed by atoms with Crippen molar-refractivity contribution < 1.29 is 4.74 Å². The van der Waals surface area contributed by atoms with E-state index in [-0.39, 0.29) is 11.5 Å². The third-order valence-electron chi connectivity index (χ3n) is 5.22. The van der Waals surface area contributed by atoms with E-state index < -0.39 is 0 Å². The number of anilines is 1. The maximum atomic E-state index is 12.7. The molecule has 0 N–H and O–H groups in total. The van der Waals surface area contributed by atoms with Gasteiger partial charge in [-0.05, 0) is 32.3 Å². The average molecular weight is 345 g/mol. The number of aromatic nitrogens is 1. The lowest BCUT2D eigenvalue weighted by Gasteiger charge is -2.37. The number of benzene rings is 1. The lowest BCUT2D eigenvalue weighted by Crippen LogP contribution is -2.46. The molecule has 2 aliphatic rings. The van der Waals surface area contributed by atoms with Crippen molar-refractivity contribution in [2.24, 2.45) is 0 Å². The van der Waals surface area contributed by atoms with Crippen LogP contribution in [0.3, 0.4) is 0 Å². The second-order valence-electron chi connectivity index (χ2n) is 7.04. The number of hydrogen-bond donors (Lipinski definition) is 0. The van der Waals surface area contributed by atoms with Gasteiger partial charge in [-0.1, -0.05) is 0 Å². The van der Waals surface area contributed by atoms with E-state index in [1.165, 1.54) is 0 Å². The minimum atomic E-state index is 0.105. The molecule has 0 amide bonds. The Morgan fingerprint density at radius 2 is 1.96 bits per heavy atom. The summed E-state index contributed by atoms with van der Waals surface area (Å²) in [5, 5.41) is 1.81. The summed E-state index contributed by atoms with van der Waals surface area (Å²) in [7, 11) is 4.96. The van der Waals surface area contributed by atoms with Crippen LogP contribution in [0.1, 0.15) is 18.5 Å². The van der Waals surface area contributed by atoms with Gasteiger partial charge in [-0.25, -0.2) is 0 Å². The van der Waals surface area contributed by atoms with Crippen LogP contribution in [0.25, 0.3) is 10.9 Å². The fourth-order valence-corrected chi connectivity index (χ4v) is 4.24. The van der Waals surface area contributed by atoms with Gasteiger partial charge in [0.2, 0.25) is 0 Å². The van der Waals surface area contributed by atoms with Crippen LogP contribution in [-0.4, -0.2) is 49.3 Å². The number of rotatable bonds is 1. The zero-order valence-corrected chi connectivity index (χ0v) is 15.7. The molecule has 0 spiro atoms. The Hall–Kier alpha value is -1.58. The van der Waals surface area contributed by atoms with E-state index in [0.717, 1.165) is 59.4 Å². The monoisotopic (exact) mass is 345 g/mol. The van der Waals surface area contributed by atoms with E-state index in [1.807, 2.05) is 19.2 Å². The SMILES string of the molecule is Cc1cn2c3c(c(N4CCN(C)CC4)c(P)cc3c1=O)OCC2C. The van der Waals surface area contributed by atoms with Gasteiger partial charge in [0.25, 0.3) is 0 Å². The fraction of sp³-hybridized carbons (Fsp3) is 0.500. The summed E-state index contributed by atoms with van der Waals surface area (Å²) >= 11 is 0. The van der Waals surface area contributed by atoms with Gasteiger partial charge >= 0.3 is 0 Å². The largest absolute Gasteiger partial charge is 0.487 e. The molecule has 3 heterocycles. The summed E-state index contributed by atoms with van der Waals surface area (Å²) in [6.45, 7) is 8.70. The minimum Gasteiger partial charge on any atom is -0.487 e. The van der Waals surface area contributed by atoms with Crippen LogP contribution in [0, 0.1) is 6.92 Å². The third kappa shape index (κ3) is 2.34. The van der Waals surface area contributed by atoms with Crippen LogP contribution < -0.4 is 20.4 Å². The van der Waals surface area contributed by atoms with Crippen molar-refractivity contribution in [3.8, 4) is 5.75 Å². The van der Waals surface area contributed by atoms with Gasteiger partial charge in [-0.15, -0.1) is 9.24 Å². The van der Waals surface area contributed by atoms with Crippen molar-refractivity contribution in [1.29, 1.82) is 0 Å². The third-order valence-corrected chi connectivity index (χ3v) is 5.66. The molecule has 0 saturated carbocycles. The van der Waals surface area contributed by atoms with Gasteiger partial charge in [0.05, 0.1) is 22.6 Å². The fourth-order valence-electron chi connectivity index (χ4n) is 3.76. The van der Waals surface area contributed by atoms with Gasteiger partial charge in [0.1, 0.15) is 6.61 Å². The Balaban J connectivity index is 1.99. The Bertz CT molecular complexity index is 869. The molecule has 2 atom stereocenters. The molecule has 0 bridgehead atoms. The molecule has 6 heteroatoms. The van der Waals surface area contributed by atoms with Crippen molar-refractivity contribution >= 4 is 31.1 Å². The molecule has 5 nitrogen and oxygen atoms in total. The van der Waals surface area contributed by atoms with E-state index in [2.05, 4.69) is 37.6 Å². The first-order valence-corrected chi connectivity index (χ1v) is 9.09. The van der Waals surface area contributed by atoms with Crippen LogP contribution in [0.5, 0.6) is 5.75 Å². The van der Waals surface area contributed by atoms with Crippen molar-refractivity contribution in [3.63, 3.8) is 0 Å². The van der Waals surface area contributed by atoms with Crippen molar-refractivity contribution in [2.75, 3.05) is 44.7 Å². The van der Waals surface area contributed by atoms with E-state index in [1.54, 1.807) is 0 Å². The summed E-state index contributed by atoms with van der Waals surface area (Å²) in [5.41, 5.74) is 2.97. The highest BCUT2D eigenvalue weighted by Crippen LogP contribution is 2.39. The maximum absolute atomic E-state index is 12.7. The molecular weight excluding hydrogens is 321 g/mol. The molecule has 1 aromatic carbocycles. The summed E-state index contributed by atoms with van der Waals surface area (Å²) in [6, 6.07) is 2.25. The first-order chi connectivity index (χ1) is 11.5. The van der Waals surface area contributed by atoms with Crippen molar-refractivity contribution in [1.82, 2.24) is 9.47 Å². The molecule has 1 fully saturated rings. The lowest BCUT2D eigenvalue weighted by molar-refractivity contribution is 0.246. The first kappa shape index (κ1) is 15.9. The normalized spacial score (nSPS) is 21.2. The van der Waals surface area contributed by atoms with Gasteiger partial charge < -0.3 is 19.1 Å². The Morgan fingerprint density at radius 1 is 1.25 bits per heavy atom. The lowest BCUT2D eigenvalue weighted by atomic mass is 10.1. The highest BCUT2D eigenvalue weighted by atomic mass is 31.0. The molecule has 0 radical (unpaired) electrons. The molecule has 0 aliphatic carbocycles. The molecular formula is C18H24N3O2P. The standard InChI is InChI=1S/C18H24N3O2P/c1-11-9-21-12(2)10-23-18-15(21)13(17(11)22)8-14(24)16(18)20-6-4-19(3)5-7-20/h8-9,12H,4-7,10,24H2,1-3H3. The summed E-state index contributed by atoms with van der Waals surface area (Å²) < 4.78 is 8.38. The number of nitrogens with zero attached hydrogens (tertiary/aromatic N) is 3. The van der Waals surface area contributed by atoms with E-state index in [0.29, 0.717) is 6.61 Å². The van der Waals surface area contributed by atoms with Crippen LogP contribution in [0.2, 0.25) is 0 Å². The molecule has 2 aliphatic heterocycles. The van der Waals surface area contributed by atoms with E-state index in [4.69, 9.17) is 4.74 Å². The predicted molar refractivity (Wildman–Crippen MR) is 102 cm³/mol. The van der Waals surface area contributed by atoms with E-state index in [9.17, 15) is 4.79 Å². The zero-order valence-electron chi connectivity index (χ0n) is 14.5. The quantitative estimate of drug-likeness (QED) is 0.735. The smallest absolute Gasteiger partial charge is 0.192 e. The molecule has 1 aromatic heterocycles. The molecule has 1 saturated heterocycles. The van der Waals surface area contributed by atoms with Gasteiger partial charge in [0, 0.05) is 37.9 Å². The molecule has 128 valence electrons. The van der Waals surface area contributed by atoms with Crippen molar-refractivity contribution in [3.05, 3.63) is 28.0 Å². The molecule has 2 aromatic rings. The Kier molecular flexibility index (Phi) is 3.81. The molecule has 4 rings (SSSR count). The highest BCUT2D eigenvalue weighted by molar-refractivity contribution is 7.28. The second-order valence-corrected chi connectivity index (χ2v) is 7.66. The topological polar surface area (TPSA) is 37.7 Å². The highest BCUT2D eigenvalue weighted by Gasteiger charge is 2.28. The van der Waals surface area contributed by atoms with Crippen molar-refractivity contribution in [2.45, 2.75) is 19.9 Å². The van der Waals surface area contributed by atoms with Crippen LogP contribution in [-0.2, 0) is 0 Å². The van der Waals surface area contributed by atoms with Gasteiger partial charge in [-0.2, -0.15) is 0 Å². The van der Waals surface area contributed by atoms with E-state index >= 15 is 0 Å². The average Bonchev–Trinajstić information content (AvgIpc) is 2.56. The number of pyridine rings is 1. The number of likely N-dealkylation sites (N-methyl/N-ethyl adjacent to an activating group) is 1. The minimum absolute atomic E-state index is 0.105. The zero-order chi connectivity index (χ0) is 17.0. The van der Waals surface area contributed by atoms with Gasteiger partial charge in [-0.3, -0.25) is 4.79 Å². The Labute approximate surface area is 144 Å². The predicted octanol–water partition coefficient (Wildman–Crippen LogP) is 1.52. The summed E-state index contributed by atoms with van der Waals surface area (Å²) in [4.78, 5) is 17.4. The number of aryl methyl sites for hydroxylation is 1. The van der Waals surface area contributed by atoms with Crippen LogP contribution >= 0.6 is 9.24 Å².